The molecule has 0 aromatic rings. The lowest BCUT2D eigenvalue weighted by atomic mass is 10.0. The molecule has 0 rings (SSSR count). The molecule has 49 heavy (non-hydrogen) atoms. The van der Waals surface area contributed by atoms with Crippen LogP contribution in [-0.2, 0) is 28.2 Å². The first kappa shape index (κ1) is 47.0. The van der Waals surface area contributed by atoms with Crippen molar-refractivity contribution in [1.29, 1.82) is 0 Å². The number of carbonyl (C=O) groups is 2. The van der Waals surface area contributed by atoms with E-state index in [1.165, 1.54) is 89.9 Å². The van der Waals surface area contributed by atoms with Crippen molar-refractivity contribution in [3.05, 3.63) is 48.6 Å². The standard InChI is InChI=1S/C40H71O8P/c1-3-5-7-9-11-13-15-17-18-19-20-22-24-26-28-30-32-34-40(43)48-38(36-47-49(44,45)37-41)35-46-39(42)33-31-29-27-25-23-21-16-14-12-10-8-6-4-2/h11,13,17-18,20,22,26,28,38,41H,3-10,12,14-16,19,21,23-25,27,29-37H2,1-2H3,(H,44,45)/b13-11-,18-17-,22-20-,28-26-/t38-/m1/s1. The van der Waals surface area contributed by atoms with E-state index in [4.69, 9.17) is 19.1 Å². The summed E-state index contributed by atoms with van der Waals surface area (Å²) in [6.45, 7) is 3.73. The number of aliphatic hydroxyl groups is 1. The number of allylic oxidation sites excluding steroid dienone is 8. The summed E-state index contributed by atoms with van der Waals surface area (Å²) in [5, 5.41) is 9.02. The van der Waals surface area contributed by atoms with Gasteiger partial charge in [0.15, 0.2) is 6.10 Å². The van der Waals surface area contributed by atoms with Gasteiger partial charge in [-0.25, -0.2) is 0 Å². The highest BCUT2D eigenvalue weighted by Gasteiger charge is 2.24. The van der Waals surface area contributed by atoms with Crippen LogP contribution in [0.1, 0.15) is 168 Å². The maximum atomic E-state index is 12.4. The number of rotatable bonds is 35. The molecule has 0 aliphatic heterocycles. The van der Waals surface area contributed by atoms with E-state index in [9.17, 15) is 19.0 Å². The molecule has 2 atom stereocenters. The number of esters is 2. The fourth-order valence-corrected chi connectivity index (χ4v) is 5.55. The third kappa shape index (κ3) is 35.6. The zero-order valence-electron chi connectivity index (χ0n) is 31.1. The predicted octanol–water partition coefficient (Wildman–Crippen LogP) is 11.2. The van der Waals surface area contributed by atoms with Crippen molar-refractivity contribution in [3.8, 4) is 0 Å². The molecule has 2 N–H and O–H groups in total. The average Bonchev–Trinajstić information content (AvgIpc) is 3.09. The quantitative estimate of drug-likeness (QED) is 0.0289. The van der Waals surface area contributed by atoms with Crippen molar-refractivity contribution in [2.24, 2.45) is 0 Å². The zero-order chi connectivity index (χ0) is 36.1. The Bertz CT molecular complexity index is 943. The maximum absolute atomic E-state index is 12.4. The minimum atomic E-state index is -4.22. The topological polar surface area (TPSA) is 119 Å². The summed E-state index contributed by atoms with van der Waals surface area (Å²) in [7, 11) is -4.22. The molecule has 0 fully saturated rings. The van der Waals surface area contributed by atoms with E-state index in [1.807, 2.05) is 6.08 Å². The summed E-state index contributed by atoms with van der Waals surface area (Å²) in [6, 6.07) is 0. The molecule has 0 saturated heterocycles. The molecule has 0 radical (unpaired) electrons. The van der Waals surface area contributed by atoms with Crippen molar-refractivity contribution >= 4 is 19.5 Å². The summed E-state index contributed by atoms with van der Waals surface area (Å²) < 4.78 is 27.3. The van der Waals surface area contributed by atoms with Crippen LogP contribution in [0.3, 0.4) is 0 Å². The Kier molecular flexibility index (Phi) is 34.4. The molecule has 0 saturated carbocycles. The van der Waals surface area contributed by atoms with Gasteiger partial charge in [-0.1, -0.05) is 152 Å². The van der Waals surface area contributed by atoms with Gasteiger partial charge in [0.2, 0.25) is 0 Å². The molecule has 0 aromatic heterocycles. The van der Waals surface area contributed by atoms with Gasteiger partial charge >= 0.3 is 19.5 Å². The zero-order valence-corrected chi connectivity index (χ0v) is 32.0. The molecule has 0 aliphatic carbocycles. The predicted molar refractivity (Wildman–Crippen MR) is 202 cm³/mol. The van der Waals surface area contributed by atoms with E-state index in [2.05, 4.69) is 56.4 Å². The van der Waals surface area contributed by atoms with Crippen molar-refractivity contribution < 1.29 is 38.2 Å². The molecular formula is C40H71O8P. The largest absolute Gasteiger partial charge is 0.462 e. The highest BCUT2D eigenvalue weighted by molar-refractivity contribution is 7.52. The van der Waals surface area contributed by atoms with Gasteiger partial charge in [0.1, 0.15) is 13.0 Å². The second-order valence-electron chi connectivity index (χ2n) is 12.8. The second-order valence-corrected chi connectivity index (χ2v) is 14.7. The molecule has 0 aromatic carbocycles. The Morgan fingerprint density at radius 3 is 1.51 bits per heavy atom. The van der Waals surface area contributed by atoms with E-state index < -0.39 is 38.6 Å². The summed E-state index contributed by atoms with van der Waals surface area (Å²) in [5.74, 6) is -0.909. The number of hydrogen-bond acceptors (Lipinski definition) is 7. The fraction of sp³-hybridized carbons (Fsp3) is 0.750. The summed E-state index contributed by atoms with van der Waals surface area (Å²) >= 11 is 0. The summed E-state index contributed by atoms with van der Waals surface area (Å²) in [6.07, 6.45) is 40.3. The first-order chi connectivity index (χ1) is 23.8. The lowest BCUT2D eigenvalue weighted by Gasteiger charge is -2.19. The Morgan fingerprint density at radius 2 is 1.00 bits per heavy atom. The van der Waals surface area contributed by atoms with E-state index in [1.54, 1.807) is 0 Å². The molecule has 1 unspecified atom stereocenters. The van der Waals surface area contributed by atoms with Crippen molar-refractivity contribution in [1.82, 2.24) is 0 Å². The monoisotopic (exact) mass is 710 g/mol. The highest BCUT2D eigenvalue weighted by Crippen LogP contribution is 2.40. The third-order valence-corrected chi connectivity index (χ3v) is 8.97. The number of unbranched alkanes of at least 4 members (excludes halogenated alkanes) is 16. The van der Waals surface area contributed by atoms with Crippen LogP contribution in [0.15, 0.2) is 48.6 Å². The van der Waals surface area contributed by atoms with E-state index in [-0.39, 0.29) is 19.4 Å². The van der Waals surface area contributed by atoms with Gasteiger partial charge in [0, 0.05) is 12.8 Å². The van der Waals surface area contributed by atoms with Crippen LogP contribution in [0.5, 0.6) is 0 Å². The van der Waals surface area contributed by atoms with E-state index >= 15 is 0 Å². The van der Waals surface area contributed by atoms with Crippen molar-refractivity contribution in [2.75, 3.05) is 19.6 Å². The first-order valence-electron chi connectivity index (χ1n) is 19.4. The van der Waals surface area contributed by atoms with Gasteiger partial charge < -0.3 is 24.0 Å². The Labute approximate surface area is 299 Å². The fourth-order valence-electron chi connectivity index (χ4n) is 5.07. The van der Waals surface area contributed by atoms with Gasteiger partial charge in [-0.05, 0) is 51.4 Å². The van der Waals surface area contributed by atoms with Crippen LogP contribution >= 0.6 is 7.60 Å². The number of carbonyl (C=O) groups excluding carboxylic acids is 2. The van der Waals surface area contributed by atoms with Crippen LogP contribution in [-0.4, -0.2) is 47.6 Å². The minimum Gasteiger partial charge on any atom is -0.462 e. The van der Waals surface area contributed by atoms with E-state index in [0.717, 1.165) is 38.5 Å². The smallest absolute Gasteiger partial charge is 0.353 e. The molecule has 0 spiro atoms. The van der Waals surface area contributed by atoms with Crippen molar-refractivity contribution in [3.63, 3.8) is 0 Å². The van der Waals surface area contributed by atoms with Crippen LogP contribution < -0.4 is 0 Å². The van der Waals surface area contributed by atoms with Gasteiger partial charge in [-0.3, -0.25) is 14.2 Å². The van der Waals surface area contributed by atoms with Crippen LogP contribution in [0.2, 0.25) is 0 Å². The molecule has 0 aliphatic rings. The molecule has 0 amide bonds. The molecule has 9 heteroatoms. The Hall–Kier alpha value is -1.99. The SMILES string of the molecule is CCCCC/C=C\C/C=C\C/C=C\C/C=C\CCCC(=O)O[C@H](COC(=O)CCCCCCCCCCCCCCC)COP(=O)(O)CO. The van der Waals surface area contributed by atoms with Crippen molar-refractivity contribution in [2.45, 2.75) is 174 Å². The molecule has 0 heterocycles. The normalized spacial score (nSPS) is 14.0. The highest BCUT2D eigenvalue weighted by atomic mass is 31.2. The molecular weight excluding hydrogens is 639 g/mol. The van der Waals surface area contributed by atoms with Gasteiger partial charge in [0.25, 0.3) is 0 Å². The van der Waals surface area contributed by atoms with Gasteiger partial charge in [-0.15, -0.1) is 0 Å². The Balaban J connectivity index is 4.16. The average molecular weight is 711 g/mol. The number of aliphatic hydroxyl groups excluding tert-OH is 1. The van der Waals surface area contributed by atoms with Crippen LogP contribution in [0.25, 0.3) is 0 Å². The lowest BCUT2D eigenvalue weighted by molar-refractivity contribution is -0.161. The van der Waals surface area contributed by atoms with E-state index in [0.29, 0.717) is 12.8 Å². The molecule has 8 nitrogen and oxygen atoms in total. The summed E-state index contributed by atoms with van der Waals surface area (Å²) in [5.41, 5.74) is 0. The molecule has 0 bridgehead atoms. The summed E-state index contributed by atoms with van der Waals surface area (Å²) in [4.78, 5) is 34.2. The maximum Gasteiger partial charge on any atom is 0.353 e. The van der Waals surface area contributed by atoms with Gasteiger partial charge in [-0.2, -0.15) is 0 Å². The third-order valence-electron chi connectivity index (χ3n) is 8.06. The first-order valence-corrected chi connectivity index (χ1v) is 21.1. The molecule has 284 valence electrons. The minimum absolute atomic E-state index is 0.151. The van der Waals surface area contributed by atoms with Gasteiger partial charge in [0.05, 0.1) is 6.61 Å². The second kappa shape index (κ2) is 35.8. The lowest BCUT2D eigenvalue weighted by Crippen LogP contribution is -2.29. The number of ether oxygens (including phenoxy) is 2. The van der Waals surface area contributed by atoms with Crippen LogP contribution in [0, 0.1) is 0 Å². The van der Waals surface area contributed by atoms with Crippen LogP contribution in [0.4, 0.5) is 0 Å². The Morgan fingerprint density at radius 1 is 0.571 bits per heavy atom. The number of hydrogen-bond donors (Lipinski definition) is 2.